The van der Waals surface area contributed by atoms with Gasteiger partial charge in [-0.1, -0.05) is 44.2 Å². The number of carbonyl (C=O) groups excluding carboxylic acids is 3. The lowest BCUT2D eigenvalue weighted by atomic mass is 10.0. The van der Waals surface area contributed by atoms with Crippen LogP contribution in [0.2, 0.25) is 0 Å². The normalized spacial score (nSPS) is 11.7. The summed E-state index contributed by atoms with van der Waals surface area (Å²) in [5.41, 5.74) is 0.687. The van der Waals surface area contributed by atoms with Gasteiger partial charge in [0.1, 0.15) is 6.04 Å². The van der Waals surface area contributed by atoms with Crippen LogP contribution in [0.25, 0.3) is 0 Å². The van der Waals surface area contributed by atoms with E-state index in [0.717, 1.165) is 0 Å². The van der Waals surface area contributed by atoms with E-state index in [1.165, 1.54) is 0 Å². The van der Waals surface area contributed by atoms with Crippen LogP contribution < -0.4 is 10.6 Å². The number of likely N-dealkylation sites (N-methyl/N-ethyl adjacent to an activating group) is 1. The summed E-state index contributed by atoms with van der Waals surface area (Å²) in [6, 6.07) is 8.23. The van der Waals surface area contributed by atoms with Crippen LogP contribution in [0.5, 0.6) is 0 Å². The van der Waals surface area contributed by atoms with E-state index in [4.69, 9.17) is 0 Å². The van der Waals surface area contributed by atoms with Crippen molar-refractivity contribution in [1.82, 2.24) is 15.5 Å². The highest BCUT2D eigenvalue weighted by molar-refractivity contribution is 5.91. The van der Waals surface area contributed by atoms with Gasteiger partial charge in [-0.2, -0.15) is 0 Å². The van der Waals surface area contributed by atoms with Gasteiger partial charge < -0.3 is 15.5 Å². The Morgan fingerprint density at radius 3 is 2.16 bits per heavy atom. The molecular formula is C19H29N3O3. The Labute approximate surface area is 150 Å². The van der Waals surface area contributed by atoms with Gasteiger partial charge in [0, 0.05) is 19.5 Å². The molecule has 2 N–H and O–H groups in total. The summed E-state index contributed by atoms with van der Waals surface area (Å²) in [7, 11) is 0. The molecule has 0 bridgehead atoms. The van der Waals surface area contributed by atoms with E-state index in [0.29, 0.717) is 25.1 Å². The maximum atomic E-state index is 12.6. The molecular weight excluding hydrogens is 318 g/mol. The minimum atomic E-state index is -0.808. The van der Waals surface area contributed by atoms with Gasteiger partial charge in [0.25, 0.3) is 0 Å². The molecule has 0 aliphatic rings. The van der Waals surface area contributed by atoms with Crippen LogP contribution in [0, 0.1) is 5.92 Å². The summed E-state index contributed by atoms with van der Waals surface area (Å²) in [5.74, 6) is -0.514. The molecule has 25 heavy (non-hydrogen) atoms. The van der Waals surface area contributed by atoms with E-state index in [2.05, 4.69) is 10.6 Å². The van der Waals surface area contributed by atoms with Crippen molar-refractivity contribution in [1.29, 1.82) is 0 Å². The molecule has 3 amide bonds. The fourth-order valence-corrected chi connectivity index (χ4v) is 2.49. The first kappa shape index (κ1) is 20.7. The largest absolute Gasteiger partial charge is 0.345 e. The van der Waals surface area contributed by atoms with Gasteiger partial charge in [-0.3, -0.25) is 14.4 Å². The highest BCUT2D eigenvalue weighted by Crippen LogP contribution is 2.14. The van der Waals surface area contributed by atoms with Crippen molar-refractivity contribution in [3.8, 4) is 0 Å². The second-order valence-corrected chi connectivity index (χ2v) is 6.29. The third-order valence-electron chi connectivity index (χ3n) is 3.82. The Balaban J connectivity index is 2.79. The number of hydrogen-bond acceptors (Lipinski definition) is 3. The van der Waals surface area contributed by atoms with Gasteiger partial charge >= 0.3 is 0 Å². The van der Waals surface area contributed by atoms with Crippen LogP contribution in [0.15, 0.2) is 30.3 Å². The highest BCUT2D eigenvalue weighted by Gasteiger charge is 2.23. The van der Waals surface area contributed by atoms with Crippen LogP contribution in [-0.4, -0.2) is 42.3 Å². The first-order valence-electron chi connectivity index (χ1n) is 8.78. The Bertz CT molecular complexity index is 569. The van der Waals surface area contributed by atoms with Crippen molar-refractivity contribution >= 4 is 17.7 Å². The van der Waals surface area contributed by atoms with Crippen molar-refractivity contribution in [3.05, 3.63) is 35.9 Å². The second-order valence-electron chi connectivity index (χ2n) is 6.29. The van der Waals surface area contributed by atoms with Gasteiger partial charge in [-0.15, -0.1) is 0 Å². The van der Waals surface area contributed by atoms with Crippen LogP contribution in [0.4, 0.5) is 0 Å². The molecule has 1 rings (SSSR count). The Morgan fingerprint density at radius 2 is 1.64 bits per heavy atom. The average Bonchev–Trinajstić information content (AvgIpc) is 2.58. The molecule has 0 unspecified atom stereocenters. The summed E-state index contributed by atoms with van der Waals surface area (Å²) in [6.07, 6.45) is 0.342. The number of hydrogen-bond donors (Lipinski definition) is 2. The van der Waals surface area contributed by atoms with Crippen molar-refractivity contribution < 1.29 is 14.4 Å². The summed E-state index contributed by atoms with van der Waals surface area (Å²) in [6.45, 7) is 8.78. The predicted octanol–water partition coefficient (Wildman–Crippen LogP) is 1.87. The van der Waals surface area contributed by atoms with Crippen LogP contribution >= 0.6 is 0 Å². The summed E-state index contributed by atoms with van der Waals surface area (Å²) in [5, 5.41) is 5.41. The minimum absolute atomic E-state index is 0.0795. The maximum Gasteiger partial charge on any atom is 0.247 e. The maximum absolute atomic E-state index is 12.6. The number of carbonyl (C=O) groups is 3. The Hall–Kier alpha value is -2.37. The van der Waals surface area contributed by atoms with Gasteiger partial charge in [-0.25, -0.2) is 0 Å². The van der Waals surface area contributed by atoms with E-state index in [9.17, 15) is 14.4 Å². The zero-order chi connectivity index (χ0) is 18.8. The molecule has 0 aliphatic carbocycles. The number of rotatable bonds is 9. The van der Waals surface area contributed by atoms with Crippen molar-refractivity contribution in [3.63, 3.8) is 0 Å². The van der Waals surface area contributed by atoms with E-state index >= 15 is 0 Å². The van der Waals surface area contributed by atoms with Crippen LogP contribution in [-0.2, 0) is 14.4 Å². The number of amides is 3. The molecule has 0 saturated heterocycles. The van der Waals surface area contributed by atoms with Gasteiger partial charge in [0.05, 0.1) is 6.54 Å². The van der Waals surface area contributed by atoms with Gasteiger partial charge in [0.2, 0.25) is 17.7 Å². The second kappa shape index (κ2) is 10.5. The Morgan fingerprint density at radius 1 is 1.04 bits per heavy atom. The summed E-state index contributed by atoms with van der Waals surface area (Å²) in [4.78, 5) is 38.4. The smallest absolute Gasteiger partial charge is 0.247 e. The SMILES string of the molecule is CCN(CC)C(=O)CNC(=O)[C@H](NC(=O)CC(C)C)c1ccccc1. The third kappa shape index (κ3) is 6.95. The first-order valence-corrected chi connectivity index (χ1v) is 8.78. The molecule has 0 spiro atoms. The van der Waals surface area contributed by atoms with Crippen molar-refractivity contribution in [2.75, 3.05) is 19.6 Å². The number of nitrogens with one attached hydrogen (secondary N) is 2. The predicted molar refractivity (Wildman–Crippen MR) is 97.7 cm³/mol. The summed E-state index contributed by atoms with van der Waals surface area (Å²) >= 11 is 0. The number of nitrogens with zero attached hydrogens (tertiary/aromatic N) is 1. The first-order chi connectivity index (χ1) is 11.9. The zero-order valence-electron chi connectivity index (χ0n) is 15.5. The van der Waals surface area contributed by atoms with Crippen molar-refractivity contribution in [2.45, 2.75) is 40.2 Å². The van der Waals surface area contributed by atoms with E-state index in [-0.39, 0.29) is 30.2 Å². The fourth-order valence-electron chi connectivity index (χ4n) is 2.49. The number of benzene rings is 1. The molecule has 0 heterocycles. The zero-order valence-corrected chi connectivity index (χ0v) is 15.5. The average molecular weight is 347 g/mol. The Kier molecular flexibility index (Phi) is 8.67. The topological polar surface area (TPSA) is 78.5 Å². The summed E-state index contributed by atoms with van der Waals surface area (Å²) < 4.78 is 0. The quantitative estimate of drug-likeness (QED) is 0.716. The van der Waals surface area contributed by atoms with Gasteiger partial charge in [-0.05, 0) is 25.3 Å². The highest BCUT2D eigenvalue weighted by atomic mass is 16.2. The molecule has 1 aromatic rings. The van der Waals surface area contributed by atoms with E-state index in [1.54, 1.807) is 17.0 Å². The molecule has 6 nitrogen and oxygen atoms in total. The van der Waals surface area contributed by atoms with Crippen LogP contribution in [0.1, 0.15) is 45.7 Å². The van der Waals surface area contributed by atoms with Crippen LogP contribution in [0.3, 0.4) is 0 Å². The standard InChI is InChI=1S/C19H29N3O3/c1-5-22(6-2)17(24)13-20-19(25)18(15-10-8-7-9-11-15)21-16(23)12-14(3)4/h7-11,14,18H,5-6,12-13H2,1-4H3,(H,20,25)(H,21,23)/t18-/m1/s1. The third-order valence-corrected chi connectivity index (χ3v) is 3.82. The molecule has 0 radical (unpaired) electrons. The molecule has 1 aromatic carbocycles. The molecule has 0 fully saturated rings. The molecule has 6 heteroatoms. The monoisotopic (exact) mass is 347 g/mol. The fraction of sp³-hybridized carbons (Fsp3) is 0.526. The minimum Gasteiger partial charge on any atom is -0.345 e. The van der Waals surface area contributed by atoms with E-state index in [1.807, 2.05) is 45.9 Å². The molecule has 0 saturated carbocycles. The molecule has 1 atom stereocenters. The molecule has 138 valence electrons. The lowest BCUT2D eigenvalue weighted by Gasteiger charge is -2.22. The van der Waals surface area contributed by atoms with E-state index < -0.39 is 6.04 Å². The lowest BCUT2D eigenvalue weighted by Crippen LogP contribution is -2.45. The van der Waals surface area contributed by atoms with Gasteiger partial charge in [0.15, 0.2) is 0 Å². The molecule has 0 aromatic heterocycles. The van der Waals surface area contributed by atoms with Crippen molar-refractivity contribution in [2.24, 2.45) is 5.92 Å². The lowest BCUT2D eigenvalue weighted by molar-refractivity contribution is -0.134. The molecule has 0 aliphatic heterocycles.